The number of nitrogens with zero attached hydrogens (tertiary/aromatic N) is 3. The number of ether oxygens (including phenoxy) is 2. The Kier molecular flexibility index (Phi) is 6.12. The first-order valence-electron chi connectivity index (χ1n) is 8.70. The normalized spacial score (nSPS) is 19.8. The molecule has 146 valence electrons. The maximum absolute atomic E-state index is 12.2. The van der Waals surface area contributed by atoms with Crippen molar-refractivity contribution in [2.75, 3.05) is 44.3 Å². The summed E-state index contributed by atoms with van der Waals surface area (Å²) in [6, 6.07) is 4.53. The van der Waals surface area contributed by atoms with Crippen LogP contribution in [0.3, 0.4) is 0 Å². The highest BCUT2D eigenvalue weighted by atomic mass is 35.5. The molecule has 0 saturated carbocycles. The number of hydrogen-bond acceptors (Lipinski definition) is 7. The summed E-state index contributed by atoms with van der Waals surface area (Å²) < 4.78 is 10.3. The molecule has 0 bridgehead atoms. The van der Waals surface area contributed by atoms with E-state index in [4.69, 9.17) is 21.1 Å². The Bertz CT molecular complexity index is 729. The fourth-order valence-electron chi connectivity index (χ4n) is 3.19. The Balaban J connectivity index is 1.52. The predicted molar refractivity (Wildman–Crippen MR) is 96.8 cm³/mol. The molecule has 1 aromatic rings. The molecule has 1 atom stereocenters. The van der Waals surface area contributed by atoms with Gasteiger partial charge in [0.15, 0.2) is 12.7 Å². The van der Waals surface area contributed by atoms with E-state index in [0.717, 1.165) is 6.42 Å². The number of halogens is 1. The number of esters is 1. The minimum atomic E-state index is -0.569. The van der Waals surface area contributed by atoms with Crippen molar-refractivity contribution < 1.29 is 24.0 Å². The van der Waals surface area contributed by atoms with Crippen molar-refractivity contribution in [3.05, 3.63) is 33.3 Å². The Morgan fingerprint density at radius 1 is 1.30 bits per heavy atom. The summed E-state index contributed by atoms with van der Waals surface area (Å²) in [6.45, 7) is 1.86. The molecule has 1 aromatic carbocycles. The second-order valence-corrected chi connectivity index (χ2v) is 6.80. The van der Waals surface area contributed by atoms with E-state index in [1.165, 1.54) is 6.07 Å². The molecule has 1 amide bonds. The Labute approximate surface area is 160 Å². The molecule has 2 heterocycles. The lowest BCUT2D eigenvalue weighted by Gasteiger charge is -2.35. The standard InChI is InChI=1S/C17H20ClN3O6/c18-12-3-4-13(14(10-12)21(24)25)19-5-7-20(8-6-19)16(22)11-27-17(23)15-2-1-9-26-15/h3-4,10,15H,1-2,5-9,11H2/t15-/m0/s1. The van der Waals surface area contributed by atoms with E-state index in [0.29, 0.717) is 49.9 Å². The number of amides is 1. The van der Waals surface area contributed by atoms with Gasteiger partial charge in [0.2, 0.25) is 0 Å². The van der Waals surface area contributed by atoms with E-state index in [-0.39, 0.29) is 18.2 Å². The Morgan fingerprint density at radius 3 is 2.67 bits per heavy atom. The van der Waals surface area contributed by atoms with E-state index in [1.54, 1.807) is 17.0 Å². The van der Waals surface area contributed by atoms with Crippen LogP contribution >= 0.6 is 11.6 Å². The molecule has 9 nitrogen and oxygen atoms in total. The quantitative estimate of drug-likeness (QED) is 0.422. The third-order valence-corrected chi connectivity index (χ3v) is 4.87. The smallest absolute Gasteiger partial charge is 0.335 e. The van der Waals surface area contributed by atoms with Gasteiger partial charge in [0.05, 0.1) is 4.92 Å². The van der Waals surface area contributed by atoms with Crippen molar-refractivity contribution in [3.63, 3.8) is 0 Å². The molecule has 0 aliphatic carbocycles. The minimum Gasteiger partial charge on any atom is -0.454 e. The van der Waals surface area contributed by atoms with Crippen LogP contribution in [0.4, 0.5) is 11.4 Å². The largest absolute Gasteiger partial charge is 0.454 e. The van der Waals surface area contributed by atoms with Crippen molar-refractivity contribution in [1.29, 1.82) is 0 Å². The molecule has 2 aliphatic heterocycles. The van der Waals surface area contributed by atoms with Crippen LogP contribution in [-0.2, 0) is 19.1 Å². The van der Waals surface area contributed by atoms with Crippen LogP contribution in [0.2, 0.25) is 5.02 Å². The van der Waals surface area contributed by atoms with Crippen LogP contribution in [0.1, 0.15) is 12.8 Å². The lowest BCUT2D eigenvalue weighted by molar-refractivity contribution is -0.384. The second kappa shape index (κ2) is 8.53. The van der Waals surface area contributed by atoms with E-state index >= 15 is 0 Å². The number of anilines is 1. The van der Waals surface area contributed by atoms with E-state index in [9.17, 15) is 19.7 Å². The van der Waals surface area contributed by atoms with Gasteiger partial charge in [-0.05, 0) is 25.0 Å². The van der Waals surface area contributed by atoms with Gasteiger partial charge in [0.25, 0.3) is 11.6 Å². The third kappa shape index (κ3) is 4.67. The van der Waals surface area contributed by atoms with Gasteiger partial charge in [-0.2, -0.15) is 0 Å². The summed E-state index contributed by atoms with van der Waals surface area (Å²) in [5.41, 5.74) is 0.411. The number of nitro groups is 1. The minimum absolute atomic E-state index is 0.0622. The number of rotatable bonds is 5. The number of carbonyl (C=O) groups excluding carboxylic acids is 2. The first-order chi connectivity index (χ1) is 13.0. The van der Waals surface area contributed by atoms with Gasteiger partial charge in [0, 0.05) is 43.9 Å². The summed E-state index contributed by atoms with van der Waals surface area (Å²) >= 11 is 5.85. The van der Waals surface area contributed by atoms with Crippen LogP contribution in [-0.4, -0.2) is 67.2 Å². The van der Waals surface area contributed by atoms with Gasteiger partial charge >= 0.3 is 5.97 Å². The second-order valence-electron chi connectivity index (χ2n) is 6.37. The van der Waals surface area contributed by atoms with Crippen LogP contribution in [0, 0.1) is 10.1 Å². The zero-order valence-corrected chi connectivity index (χ0v) is 15.4. The average molecular weight is 398 g/mol. The highest BCUT2D eigenvalue weighted by Crippen LogP contribution is 2.31. The average Bonchev–Trinajstić information content (AvgIpc) is 3.21. The number of carbonyl (C=O) groups is 2. The summed E-state index contributed by atoms with van der Waals surface area (Å²) in [4.78, 5) is 38.2. The molecule has 27 heavy (non-hydrogen) atoms. The molecular weight excluding hydrogens is 378 g/mol. The van der Waals surface area contributed by atoms with Gasteiger partial charge in [0.1, 0.15) is 5.69 Å². The fraction of sp³-hybridized carbons (Fsp3) is 0.529. The molecule has 10 heteroatoms. The van der Waals surface area contributed by atoms with Gasteiger partial charge < -0.3 is 19.3 Å². The number of piperazine rings is 1. The number of hydrogen-bond donors (Lipinski definition) is 0. The van der Waals surface area contributed by atoms with Crippen LogP contribution in [0.25, 0.3) is 0 Å². The molecule has 3 rings (SSSR count). The molecule has 0 unspecified atom stereocenters. The van der Waals surface area contributed by atoms with E-state index in [1.807, 2.05) is 4.90 Å². The monoisotopic (exact) mass is 397 g/mol. The molecule has 0 radical (unpaired) electrons. The van der Waals surface area contributed by atoms with Gasteiger partial charge in [-0.25, -0.2) is 4.79 Å². The highest BCUT2D eigenvalue weighted by molar-refractivity contribution is 6.30. The van der Waals surface area contributed by atoms with Crippen molar-refractivity contribution >= 4 is 34.9 Å². The van der Waals surface area contributed by atoms with Crippen molar-refractivity contribution in [1.82, 2.24) is 4.90 Å². The van der Waals surface area contributed by atoms with Crippen molar-refractivity contribution in [3.8, 4) is 0 Å². The Morgan fingerprint density at radius 2 is 2.04 bits per heavy atom. The maximum Gasteiger partial charge on any atom is 0.335 e. The predicted octanol–water partition coefficient (Wildman–Crippen LogP) is 1.62. The van der Waals surface area contributed by atoms with Gasteiger partial charge in [-0.15, -0.1) is 0 Å². The fourth-order valence-corrected chi connectivity index (χ4v) is 3.35. The molecule has 0 aromatic heterocycles. The van der Waals surface area contributed by atoms with Crippen LogP contribution < -0.4 is 4.90 Å². The third-order valence-electron chi connectivity index (χ3n) is 4.64. The maximum atomic E-state index is 12.2. The SMILES string of the molecule is O=C(OCC(=O)N1CCN(c2ccc(Cl)cc2[N+](=O)[O-])CC1)[C@@H]1CCCO1. The number of nitro benzene ring substituents is 1. The lowest BCUT2D eigenvalue weighted by atomic mass is 10.2. The van der Waals surface area contributed by atoms with Crippen molar-refractivity contribution in [2.45, 2.75) is 18.9 Å². The molecule has 2 saturated heterocycles. The van der Waals surface area contributed by atoms with Gasteiger partial charge in [-0.3, -0.25) is 14.9 Å². The summed E-state index contributed by atoms with van der Waals surface area (Å²) in [5.74, 6) is -0.789. The molecule has 2 fully saturated rings. The molecule has 0 spiro atoms. The lowest BCUT2D eigenvalue weighted by Crippen LogP contribution is -2.50. The summed E-state index contributed by atoms with van der Waals surface area (Å²) in [6.07, 6.45) is 0.859. The first-order valence-corrected chi connectivity index (χ1v) is 9.08. The number of benzene rings is 1. The molecule has 0 N–H and O–H groups in total. The first kappa shape index (κ1) is 19.4. The van der Waals surface area contributed by atoms with Gasteiger partial charge in [-0.1, -0.05) is 11.6 Å². The highest BCUT2D eigenvalue weighted by Gasteiger charge is 2.28. The van der Waals surface area contributed by atoms with Crippen LogP contribution in [0.15, 0.2) is 18.2 Å². The summed E-state index contributed by atoms with van der Waals surface area (Å²) in [5, 5.41) is 11.5. The van der Waals surface area contributed by atoms with Crippen molar-refractivity contribution in [2.24, 2.45) is 0 Å². The zero-order chi connectivity index (χ0) is 19.4. The van der Waals surface area contributed by atoms with E-state index < -0.39 is 17.0 Å². The van der Waals surface area contributed by atoms with E-state index in [2.05, 4.69) is 0 Å². The molecule has 2 aliphatic rings. The topological polar surface area (TPSA) is 102 Å². The molecular formula is C17H20ClN3O6. The summed E-state index contributed by atoms with van der Waals surface area (Å²) in [7, 11) is 0. The Hall–Kier alpha value is -2.39. The zero-order valence-electron chi connectivity index (χ0n) is 14.6. The van der Waals surface area contributed by atoms with Crippen LogP contribution in [0.5, 0.6) is 0 Å².